The van der Waals surface area contributed by atoms with Gasteiger partial charge in [0, 0.05) is 0 Å². The molecule has 0 aromatic rings. The third-order valence-electron chi connectivity index (χ3n) is 0.524. The van der Waals surface area contributed by atoms with E-state index in [2.05, 4.69) is 0 Å². The third kappa shape index (κ3) is 6.14. The summed E-state index contributed by atoms with van der Waals surface area (Å²) in [5, 5.41) is 8.70. The molecule has 0 radical (unpaired) electrons. The highest BCUT2D eigenvalue weighted by atomic mass is 28.4. The minimum Gasteiger partial charge on any atom is -0.393 e. The maximum atomic E-state index is 8.70. The van der Waals surface area contributed by atoms with Crippen LogP contribution in [0.25, 0.3) is 0 Å². The minimum atomic E-state index is -1.47. The highest BCUT2D eigenvalue weighted by Gasteiger charge is 2.15. The zero-order chi connectivity index (χ0) is 6.78. The summed E-state index contributed by atoms with van der Waals surface area (Å²) in [7, 11) is -1.47. The van der Waals surface area contributed by atoms with Crippen molar-refractivity contribution < 1.29 is 9.53 Å². The Kier molecular flexibility index (Phi) is 2.66. The van der Waals surface area contributed by atoms with E-state index in [1.807, 2.05) is 19.6 Å². The Hall–Kier alpha value is 0.137. The summed E-state index contributed by atoms with van der Waals surface area (Å²) < 4.78 is 5.13. The van der Waals surface area contributed by atoms with Gasteiger partial charge in [-0.1, -0.05) is 0 Å². The lowest BCUT2D eigenvalue weighted by atomic mass is 10.8. The van der Waals surface area contributed by atoms with Crippen LogP contribution in [-0.2, 0) is 4.43 Å². The molecule has 0 aromatic heterocycles. The molecule has 0 saturated heterocycles. The third-order valence-corrected chi connectivity index (χ3v) is 1.57. The zero-order valence-corrected chi connectivity index (χ0v) is 6.93. The van der Waals surface area contributed by atoms with Crippen molar-refractivity contribution in [1.82, 2.24) is 0 Å². The molecule has 0 aromatic carbocycles. The van der Waals surface area contributed by atoms with Crippen molar-refractivity contribution in [2.24, 2.45) is 0 Å². The first kappa shape index (κ1) is 8.14. The van der Waals surface area contributed by atoms with Crippen LogP contribution in [0.15, 0.2) is 0 Å². The Labute approximate surface area is 51.6 Å². The molecular weight excluding hydrogens is 120 g/mol. The van der Waals surface area contributed by atoms with Gasteiger partial charge in [-0.3, -0.25) is 0 Å². The quantitative estimate of drug-likeness (QED) is 0.454. The molecular formula is C5H14O2Si. The SMILES string of the molecule is CC(O)O[Si](C)(C)C. The topological polar surface area (TPSA) is 29.5 Å². The maximum Gasteiger partial charge on any atom is 0.187 e. The van der Waals surface area contributed by atoms with Crippen LogP contribution in [0.4, 0.5) is 0 Å². The Morgan fingerprint density at radius 3 is 1.75 bits per heavy atom. The van der Waals surface area contributed by atoms with Crippen LogP contribution in [0.1, 0.15) is 6.92 Å². The van der Waals surface area contributed by atoms with Crippen LogP contribution >= 0.6 is 0 Å². The molecule has 0 amide bonds. The molecule has 0 spiro atoms. The van der Waals surface area contributed by atoms with Crippen LogP contribution < -0.4 is 0 Å². The fraction of sp³-hybridized carbons (Fsp3) is 1.00. The van der Waals surface area contributed by atoms with Crippen LogP contribution in [0.5, 0.6) is 0 Å². The Morgan fingerprint density at radius 1 is 1.38 bits per heavy atom. The van der Waals surface area contributed by atoms with Crippen molar-refractivity contribution >= 4 is 8.32 Å². The predicted octanol–water partition coefficient (Wildman–Crippen LogP) is 1.18. The molecule has 0 heterocycles. The van der Waals surface area contributed by atoms with E-state index >= 15 is 0 Å². The van der Waals surface area contributed by atoms with Gasteiger partial charge in [-0.15, -0.1) is 0 Å². The van der Waals surface area contributed by atoms with Gasteiger partial charge in [0.15, 0.2) is 8.32 Å². The standard InChI is InChI=1S/C5H14O2Si/c1-5(6)7-8(2,3)4/h5-6H,1-4H3. The molecule has 0 aliphatic carbocycles. The van der Waals surface area contributed by atoms with E-state index in [-0.39, 0.29) is 0 Å². The highest BCUT2D eigenvalue weighted by molar-refractivity contribution is 6.69. The van der Waals surface area contributed by atoms with Gasteiger partial charge < -0.3 is 9.53 Å². The van der Waals surface area contributed by atoms with Crippen molar-refractivity contribution in [2.75, 3.05) is 0 Å². The molecule has 0 rings (SSSR count). The molecule has 1 atom stereocenters. The molecule has 0 aliphatic rings. The van der Waals surface area contributed by atoms with E-state index in [1.165, 1.54) is 0 Å². The zero-order valence-electron chi connectivity index (χ0n) is 5.93. The summed E-state index contributed by atoms with van der Waals surface area (Å²) in [6.07, 6.45) is -0.596. The van der Waals surface area contributed by atoms with E-state index in [1.54, 1.807) is 6.92 Å². The predicted molar refractivity (Wildman–Crippen MR) is 36.1 cm³/mol. The summed E-state index contributed by atoms with van der Waals surface area (Å²) in [6, 6.07) is 0. The Balaban J connectivity index is 3.39. The van der Waals surface area contributed by atoms with Gasteiger partial charge in [0.05, 0.1) is 0 Å². The second-order valence-electron chi connectivity index (χ2n) is 2.83. The first-order valence-corrected chi connectivity index (χ1v) is 6.18. The van der Waals surface area contributed by atoms with E-state index in [0.29, 0.717) is 0 Å². The fourth-order valence-corrected chi connectivity index (χ4v) is 1.54. The monoisotopic (exact) mass is 134 g/mol. The van der Waals surface area contributed by atoms with E-state index in [4.69, 9.17) is 9.53 Å². The van der Waals surface area contributed by atoms with Crippen molar-refractivity contribution in [1.29, 1.82) is 0 Å². The summed E-state index contributed by atoms with van der Waals surface area (Å²) in [5.74, 6) is 0. The van der Waals surface area contributed by atoms with Crippen LogP contribution in [-0.4, -0.2) is 19.7 Å². The average Bonchev–Trinajstić information content (AvgIpc) is 1.21. The normalized spacial score (nSPS) is 16.1. The molecule has 8 heavy (non-hydrogen) atoms. The lowest BCUT2D eigenvalue weighted by Crippen LogP contribution is -2.30. The smallest absolute Gasteiger partial charge is 0.187 e. The van der Waals surface area contributed by atoms with Gasteiger partial charge in [0.2, 0.25) is 0 Å². The molecule has 1 unspecified atom stereocenters. The lowest BCUT2D eigenvalue weighted by molar-refractivity contribution is -0.00677. The van der Waals surface area contributed by atoms with Crippen molar-refractivity contribution in [3.63, 3.8) is 0 Å². The van der Waals surface area contributed by atoms with Gasteiger partial charge >= 0.3 is 0 Å². The van der Waals surface area contributed by atoms with Crippen molar-refractivity contribution in [2.45, 2.75) is 32.9 Å². The Morgan fingerprint density at radius 2 is 1.75 bits per heavy atom. The molecule has 3 heteroatoms. The second-order valence-corrected chi connectivity index (χ2v) is 7.29. The molecule has 2 nitrogen and oxygen atoms in total. The summed E-state index contributed by atoms with van der Waals surface area (Å²) in [5.41, 5.74) is 0. The summed E-state index contributed by atoms with van der Waals surface area (Å²) in [6.45, 7) is 7.76. The second kappa shape index (κ2) is 2.62. The van der Waals surface area contributed by atoms with Crippen LogP contribution in [0.3, 0.4) is 0 Å². The van der Waals surface area contributed by atoms with Crippen LogP contribution in [0.2, 0.25) is 19.6 Å². The Bertz CT molecular complexity index is 65.3. The molecule has 0 fully saturated rings. The molecule has 0 saturated carbocycles. The van der Waals surface area contributed by atoms with Crippen LogP contribution in [0, 0.1) is 0 Å². The van der Waals surface area contributed by atoms with E-state index in [9.17, 15) is 0 Å². The first-order valence-electron chi connectivity index (χ1n) is 2.78. The number of aliphatic hydroxyl groups is 1. The fourth-order valence-electron chi connectivity index (χ4n) is 0.512. The number of aliphatic hydroxyl groups excluding tert-OH is 1. The molecule has 1 N–H and O–H groups in total. The maximum absolute atomic E-state index is 8.70. The van der Waals surface area contributed by atoms with Gasteiger partial charge in [-0.25, -0.2) is 0 Å². The number of hydrogen-bond donors (Lipinski definition) is 1. The molecule has 0 aliphatic heterocycles. The largest absolute Gasteiger partial charge is 0.393 e. The summed E-state index contributed by atoms with van der Waals surface area (Å²) in [4.78, 5) is 0. The number of hydrogen-bond acceptors (Lipinski definition) is 2. The summed E-state index contributed by atoms with van der Waals surface area (Å²) >= 11 is 0. The van der Waals surface area contributed by atoms with Crippen molar-refractivity contribution in [3.8, 4) is 0 Å². The van der Waals surface area contributed by atoms with Crippen molar-refractivity contribution in [3.05, 3.63) is 0 Å². The highest BCUT2D eigenvalue weighted by Crippen LogP contribution is 2.03. The van der Waals surface area contributed by atoms with Gasteiger partial charge in [-0.05, 0) is 26.6 Å². The molecule has 0 bridgehead atoms. The van der Waals surface area contributed by atoms with E-state index in [0.717, 1.165) is 0 Å². The minimum absolute atomic E-state index is 0.596. The molecule has 50 valence electrons. The lowest BCUT2D eigenvalue weighted by Gasteiger charge is -2.18. The van der Waals surface area contributed by atoms with E-state index < -0.39 is 14.6 Å². The van der Waals surface area contributed by atoms with Gasteiger partial charge in [0.1, 0.15) is 6.29 Å². The first-order chi connectivity index (χ1) is 3.42. The number of rotatable bonds is 2. The van der Waals surface area contributed by atoms with Gasteiger partial charge in [0.25, 0.3) is 0 Å². The average molecular weight is 134 g/mol. The van der Waals surface area contributed by atoms with Gasteiger partial charge in [-0.2, -0.15) is 0 Å².